The number of aromatic nitrogens is 3. The van der Waals surface area contributed by atoms with Gasteiger partial charge in [-0.1, -0.05) is 6.07 Å². The van der Waals surface area contributed by atoms with Crippen LogP contribution in [0, 0.1) is 0 Å². The summed E-state index contributed by atoms with van der Waals surface area (Å²) in [6, 6.07) is 3.45. The second kappa shape index (κ2) is 5.22. The van der Waals surface area contributed by atoms with Crippen LogP contribution < -0.4 is 11.1 Å². The molecule has 2 aromatic heterocycles. The second-order valence-corrected chi connectivity index (χ2v) is 3.55. The molecule has 0 saturated carbocycles. The Labute approximate surface area is 98.3 Å². The van der Waals surface area contributed by atoms with Crippen LogP contribution in [0.5, 0.6) is 0 Å². The Hall–Kier alpha value is -2.21. The Balaban J connectivity index is 1.95. The van der Waals surface area contributed by atoms with Crippen molar-refractivity contribution in [3.8, 4) is 0 Å². The Bertz CT molecular complexity index is 477. The average molecular weight is 231 g/mol. The van der Waals surface area contributed by atoms with Gasteiger partial charge in [-0.2, -0.15) is 5.10 Å². The first-order valence-electron chi connectivity index (χ1n) is 5.20. The molecule has 1 amide bonds. The first kappa shape index (κ1) is 11.3. The largest absolute Gasteiger partial charge is 0.347 e. The number of amides is 1. The van der Waals surface area contributed by atoms with Gasteiger partial charge in [-0.25, -0.2) is 0 Å². The summed E-state index contributed by atoms with van der Waals surface area (Å²) in [7, 11) is 0. The monoisotopic (exact) mass is 231 g/mol. The van der Waals surface area contributed by atoms with E-state index in [2.05, 4.69) is 20.5 Å². The highest BCUT2D eigenvalue weighted by Crippen LogP contribution is 2.00. The fraction of sp³-hybridized carbons (Fsp3) is 0.182. The molecule has 4 N–H and O–H groups in total. The SMILES string of the molecule is NCc1ccc(C(=O)NCc2cn[nH]c2)nc1. The minimum atomic E-state index is -0.213. The summed E-state index contributed by atoms with van der Waals surface area (Å²) in [4.78, 5) is 15.7. The highest BCUT2D eigenvalue weighted by Gasteiger charge is 2.06. The number of carbonyl (C=O) groups is 1. The summed E-state index contributed by atoms with van der Waals surface area (Å²) >= 11 is 0. The smallest absolute Gasteiger partial charge is 0.270 e. The molecule has 17 heavy (non-hydrogen) atoms. The van der Waals surface area contributed by atoms with Gasteiger partial charge in [-0.15, -0.1) is 0 Å². The lowest BCUT2D eigenvalue weighted by Crippen LogP contribution is -2.23. The van der Waals surface area contributed by atoms with Gasteiger partial charge in [0.1, 0.15) is 5.69 Å². The molecule has 0 aliphatic carbocycles. The van der Waals surface area contributed by atoms with Crippen molar-refractivity contribution in [2.45, 2.75) is 13.1 Å². The van der Waals surface area contributed by atoms with Crippen LogP contribution in [0.1, 0.15) is 21.6 Å². The summed E-state index contributed by atoms with van der Waals surface area (Å²) in [5.74, 6) is -0.213. The van der Waals surface area contributed by atoms with Crippen LogP contribution in [-0.2, 0) is 13.1 Å². The van der Waals surface area contributed by atoms with E-state index in [1.165, 1.54) is 0 Å². The van der Waals surface area contributed by atoms with Crippen molar-refractivity contribution in [2.24, 2.45) is 5.73 Å². The van der Waals surface area contributed by atoms with Crippen molar-refractivity contribution in [1.82, 2.24) is 20.5 Å². The maximum atomic E-state index is 11.7. The van der Waals surface area contributed by atoms with Crippen LogP contribution in [0.4, 0.5) is 0 Å². The number of nitrogens with one attached hydrogen (secondary N) is 2. The van der Waals surface area contributed by atoms with Gasteiger partial charge in [0.15, 0.2) is 0 Å². The molecule has 2 heterocycles. The Morgan fingerprint density at radius 2 is 2.24 bits per heavy atom. The first-order valence-corrected chi connectivity index (χ1v) is 5.20. The van der Waals surface area contributed by atoms with Gasteiger partial charge in [0.05, 0.1) is 6.20 Å². The Morgan fingerprint density at radius 1 is 1.35 bits per heavy atom. The average Bonchev–Trinajstić information content (AvgIpc) is 2.89. The van der Waals surface area contributed by atoms with Gasteiger partial charge in [-0.3, -0.25) is 14.9 Å². The van der Waals surface area contributed by atoms with Crippen LogP contribution in [0.2, 0.25) is 0 Å². The minimum Gasteiger partial charge on any atom is -0.347 e. The number of pyridine rings is 1. The van der Waals surface area contributed by atoms with Crippen molar-refractivity contribution in [3.63, 3.8) is 0 Å². The first-order chi connectivity index (χ1) is 8.29. The van der Waals surface area contributed by atoms with Crippen molar-refractivity contribution in [1.29, 1.82) is 0 Å². The number of hydrogen-bond donors (Lipinski definition) is 3. The van der Waals surface area contributed by atoms with Gasteiger partial charge in [-0.05, 0) is 11.6 Å². The topological polar surface area (TPSA) is 96.7 Å². The van der Waals surface area contributed by atoms with Gasteiger partial charge in [0.2, 0.25) is 0 Å². The van der Waals surface area contributed by atoms with E-state index in [0.29, 0.717) is 18.8 Å². The normalized spacial score (nSPS) is 10.2. The zero-order valence-electron chi connectivity index (χ0n) is 9.18. The van der Waals surface area contributed by atoms with Gasteiger partial charge in [0.25, 0.3) is 5.91 Å². The molecule has 2 aromatic rings. The van der Waals surface area contributed by atoms with E-state index >= 15 is 0 Å². The lowest BCUT2D eigenvalue weighted by Gasteiger charge is -2.03. The number of nitrogens with two attached hydrogens (primary N) is 1. The summed E-state index contributed by atoms with van der Waals surface area (Å²) in [6.45, 7) is 0.847. The van der Waals surface area contributed by atoms with Crippen molar-refractivity contribution >= 4 is 5.91 Å². The van der Waals surface area contributed by atoms with E-state index in [9.17, 15) is 4.79 Å². The molecule has 0 bridgehead atoms. The summed E-state index contributed by atoms with van der Waals surface area (Å²) < 4.78 is 0. The predicted octanol–water partition coefficient (Wildman–Crippen LogP) is 0.193. The maximum Gasteiger partial charge on any atom is 0.270 e. The number of rotatable bonds is 4. The molecule has 0 aliphatic heterocycles. The number of aromatic amines is 1. The molecule has 0 atom stereocenters. The van der Waals surface area contributed by atoms with E-state index in [1.807, 2.05) is 0 Å². The Morgan fingerprint density at radius 3 is 2.82 bits per heavy atom. The molecular weight excluding hydrogens is 218 g/mol. The lowest BCUT2D eigenvalue weighted by atomic mass is 10.2. The van der Waals surface area contributed by atoms with E-state index in [4.69, 9.17) is 5.73 Å². The number of carbonyl (C=O) groups excluding carboxylic acids is 1. The molecule has 0 saturated heterocycles. The third-order valence-electron chi connectivity index (χ3n) is 2.30. The van der Waals surface area contributed by atoms with Crippen LogP contribution in [0.25, 0.3) is 0 Å². The molecular formula is C11H13N5O. The highest BCUT2D eigenvalue weighted by molar-refractivity contribution is 5.92. The lowest BCUT2D eigenvalue weighted by molar-refractivity contribution is 0.0946. The number of hydrogen-bond acceptors (Lipinski definition) is 4. The molecule has 0 aromatic carbocycles. The molecule has 6 nitrogen and oxygen atoms in total. The summed E-state index contributed by atoms with van der Waals surface area (Å²) in [5.41, 5.74) is 7.64. The quantitative estimate of drug-likeness (QED) is 0.700. The van der Waals surface area contributed by atoms with Gasteiger partial charge in [0, 0.05) is 31.0 Å². The standard InChI is InChI=1S/C11H13N5O/c12-3-8-1-2-10(13-4-8)11(17)14-5-9-6-15-16-7-9/h1-2,4,6-7H,3,5,12H2,(H,14,17)(H,15,16). The molecule has 0 spiro atoms. The maximum absolute atomic E-state index is 11.7. The summed E-state index contributed by atoms with van der Waals surface area (Å²) in [6.07, 6.45) is 4.99. The van der Waals surface area contributed by atoms with Crippen LogP contribution in [0.3, 0.4) is 0 Å². The second-order valence-electron chi connectivity index (χ2n) is 3.55. The molecule has 0 aliphatic rings. The zero-order chi connectivity index (χ0) is 12.1. The van der Waals surface area contributed by atoms with E-state index in [1.54, 1.807) is 30.7 Å². The molecule has 2 rings (SSSR count). The fourth-order valence-corrected chi connectivity index (χ4v) is 1.33. The van der Waals surface area contributed by atoms with E-state index < -0.39 is 0 Å². The molecule has 0 radical (unpaired) electrons. The van der Waals surface area contributed by atoms with E-state index in [-0.39, 0.29) is 5.91 Å². The molecule has 6 heteroatoms. The zero-order valence-corrected chi connectivity index (χ0v) is 9.18. The van der Waals surface area contributed by atoms with Crippen LogP contribution >= 0.6 is 0 Å². The minimum absolute atomic E-state index is 0.213. The molecule has 0 fully saturated rings. The van der Waals surface area contributed by atoms with Crippen molar-refractivity contribution < 1.29 is 4.79 Å². The molecule has 88 valence electrons. The van der Waals surface area contributed by atoms with Crippen LogP contribution in [0.15, 0.2) is 30.7 Å². The fourth-order valence-electron chi connectivity index (χ4n) is 1.33. The van der Waals surface area contributed by atoms with Crippen molar-refractivity contribution in [2.75, 3.05) is 0 Å². The number of H-pyrrole nitrogens is 1. The third-order valence-corrected chi connectivity index (χ3v) is 2.30. The van der Waals surface area contributed by atoms with Crippen LogP contribution in [-0.4, -0.2) is 21.1 Å². The molecule has 0 unspecified atom stereocenters. The summed E-state index contributed by atoms with van der Waals surface area (Å²) in [5, 5.41) is 9.21. The van der Waals surface area contributed by atoms with Gasteiger partial charge >= 0.3 is 0 Å². The third kappa shape index (κ3) is 2.88. The van der Waals surface area contributed by atoms with Gasteiger partial charge < -0.3 is 11.1 Å². The highest BCUT2D eigenvalue weighted by atomic mass is 16.1. The Kier molecular flexibility index (Phi) is 3.46. The van der Waals surface area contributed by atoms with E-state index in [0.717, 1.165) is 11.1 Å². The van der Waals surface area contributed by atoms with Crippen molar-refractivity contribution in [3.05, 3.63) is 47.5 Å². The predicted molar refractivity (Wildman–Crippen MR) is 61.9 cm³/mol. The number of nitrogens with zero attached hydrogens (tertiary/aromatic N) is 2.